The number of benzene rings is 1. The smallest absolute Gasteiger partial charge is 0.221 e. The number of nitrogens with zero attached hydrogens (tertiary/aromatic N) is 5. The average Bonchev–Trinajstić information content (AvgIpc) is 3.18. The molecule has 27 heavy (non-hydrogen) atoms. The average molecular weight is 406 g/mol. The lowest BCUT2D eigenvalue weighted by atomic mass is 10.0. The fourth-order valence-electron chi connectivity index (χ4n) is 3.41. The highest BCUT2D eigenvalue weighted by molar-refractivity contribution is 7.80. The van der Waals surface area contributed by atoms with Gasteiger partial charge in [-0.1, -0.05) is 6.07 Å². The van der Waals surface area contributed by atoms with Gasteiger partial charge in [0.2, 0.25) is 4.77 Å². The van der Waals surface area contributed by atoms with Crippen LogP contribution in [0.2, 0.25) is 0 Å². The first kappa shape index (κ1) is 18.2. The van der Waals surface area contributed by atoms with Crippen molar-refractivity contribution >= 4 is 35.3 Å². The van der Waals surface area contributed by atoms with Crippen LogP contribution in [0, 0.1) is 18.6 Å². The van der Waals surface area contributed by atoms with Gasteiger partial charge < -0.3 is 15.2 Å². The zero-order chi connectivity index (χ0) is 19.1. The highest BCUT2D eigenvalue weighted by atomic mass is 32.1. The van der Waals surface area contributed by atoms with Gasteiger partial charge in [0.1, 0.15) is 6.10 Å². The minimum absolute atomic E-state index is 0.0801. The van der Waals surface area contributed by atoms with Crippen molar-refractivity contribution in [1.29, 1.82) is 0 Å². The number of hydrogen-bond donors (Lipinski definition) is 2. The normalized spacial score (nSPS) is 25.7. The Bertz CT molecular complexity index is 963. The summed E-state index contributed by atoms with van der Waals surface area (Å²) in [5, 5.41) is 12.8. The van der Waals surface area contributed by atoms with Gasteiger partial charge in [0.15, 0.2) is 11.4 Å². The van der Waals surface area contributed by atoms with Crippen molar-refractivity contribution in [2.75, 3.05) is 6.61 Å². The van der Waals surface area contributed by atoms with Crippen LogP contribution in [0.3, 0.4) is 0 Å². The van der Waals surface area contributed by atoms with Crippen LogP contribution in [0.5, 0.6) is 0 Å². The van der Waals surface area contributed by atoms with Crippen LogP contribution in [-0.2, 0) is 9.47 Å². The molecule has 2 fully saturated rings. The maximum Gasteiger partial charge on any atom is 0.221 e. The van der Waals surface area contributed by atoms with Crippen LogP contribution < -0.4 is 11.2 Å². The highest BCUT2D eigenvalue weighted by Crippen LogP contribution is 2.33. The van der Waals surface area contributed by atoms with Gasteiger partial charge in [-0.2, -0.15) is 9.78 Å². The Morgan fingerprint density at radius 1 is 1.30 bits per heavy atom. The maximum atomic E-state index is 5.90. The highest BCUT2D eigenvalue weighted by Gasteiger charge is 2.44. The van der Waals surface area contributed by atoms with Gasteiger partial charge in [-0.3, -0.25) is 5.43 Å². The van der Waals surface area contributed by atoms with E-state index in [9.17, 15) is 0 Å². The number of fused-ring (bicyclic) bond motifs is 2. The number of nitrogens with one attached hydrogen (secondary N) is 1. The summed E-state index contributed by atoms with van der Waals surface area (Å²) < 4.78 is 15.4. The summed E-state index contributed by atoms with van der Waals surface area (Å²) in [6.07, 6.45) is -0.128. The number of nitrogens with two attached hydrogens (primary N) is 1. The third-order valence-electron chi connectivity index (χ3n) is 4.51. The van der Waals surface area contributed by atoms with Crippen molar-refractivity contribution in [2.24, 2.45) is 10.8 Å². The maximum absolute atomic E-state index is 5.90. The molecule has 0 amide bonds. The van der Waals surface area contributed by atoms with Crippen molar-refractivity contribution in [3.05, 3.63) is 34.1 Å². The lowest BCUT2D eigenvalue weighted by molar-refractivity contribution is -0.0324. The molecule has 0 aliphatic carbocycles. The Morgan fingerprint density at radius 2 is 2.04 bits per heavy atom. The Labute approximate surface area is 166 Å². The van der Waals surface area contributed by atoms with Gasteiger partial charge in [0.25, 0.3) is 0 Å². The zero-order valence-corrected chi connectivity index (χ0v) is 16.5. The van der Waals surface area contributed by atoms with Gasteiger partial charge in [-0.25, -0.2) is 4.68 Å². The van der Waals surface area contributed by atoms with E-state index in [1.54, 1.807) is 9.36 Å². The molecule has 2 aliphatic heterocycles. The first-order chi connectivity index (χ1) is 12.9. The van der Waals surface area contributed by atoms with Crippen molar-refractivity contribution in [3.8, 4) is 5.69 Å². The van der Waals surface area contributed by atoms with E-state index in [0.29, 0.717) is 23.5 Å². The first-order valence-electron chi connectivity index (χ1n) is 8.44. The summed E-state index contributed by atoms with van der Waals surface area (Å²) in [4.78, 5) is 0. The Hall–Kier alpha value is -2.21. The van der Waals surface area contributed by atoms with Gasteiger partial charge in [0.05, 0.1) is 24.0 Å². The molecule has 142 valence electrons. The number of ether oxygens (including phenoxy) is 2. The van der Waals surface area contributed by atoms with Crippen LogP contribution in [0.4, 0.5) is 0 Å². The predicted octanol–water partition coefficient (Wildman–Crippen LogP) is 1.29. The molecule has 9 nitrogen and oxygen atoms in total. The van der Waals surface area contributed by atoms with E-state index in [4.69, 9.17) is 39.6 Å². The lowest BCUT2D eigenvalue weighted by Gasteiger charge is -2.27. The quantitative estimate of drug-likeness (QED) is 0.581. The molecular weight excluding hydrogens is 386 g/mol. The molecule has 2 bridgehead atoms. The second-order valence-corrected chi connectivity index (χ2v) is 7.46. The van der Waals surface area contributed by atoms with Crippen LogP contribution in [0.25, 0.3) is 5.69 Å². The topological polar surface area (TPSA) is 105 Å². The molecule has 3 N–H and O–H groups in total. The molecule has 0 saturated carbocycles. The molecule has 2 saturated heterocycles. The second-order valence-electron chi connectivity index (χ2n) is 6.65. The number of hydrogen-bond acceptors (Lipinski definition) is 7. The Morgan fingerprint density at radius 3 is 2.74 bits per heavy atom. The molecule has 3 heterocycles. The molecule has 4 rings (SSSR count). The Kier molecular flexibility index (Phi) is 4.76. The van der Waals surface area contributed by atoms with Crippen molar-refractivity contribution in [3.63, 3.8) is 0 Å². The summed E-state index contributed by atoms with van der Waals surface area (Å²) in [6.45, 7) is 4.50. The van der Waals surface area contributed by atoms with Gasteiger partial charge in [-0.15, -0.1) is 0 Å². The van der Waals surface area contributed by atoms with Crippen molar-refractivity contribution in [1.82, 2.24) is 25.2 Å². The van der Waals surface area contributed by atoms with E-state index in [-0.39, 0.29) is 17.3 Å². The monoisotopic (exact) mass is 405 g/mol. The van der Waals surface area contributed by atoms with Gasteiger partial charge in [0, 0.05) is 6.42 Å². The molecule has 2 aromatic rings. The fraction of sp³-hybridized carbons (Fsp3) is 0.438. The molecule has 1 aromatic heterocycles. The molecule has 0 unspecified atom stereocenters. The van der Waals surface area contributed by atoms with Crippen molar-refractivity contribution < 1.29 is 9.47 Å². The lowest BCUT2D eigenvalue weighted by Crippen LogP contribution is -2.39. The minimum Gasteiger partial charge on any atom is -0.375 e. The molecule has 0 spiro atoms. The summed E-state index contributed by atoms with van der Waals surface area (Å²) in [5.41, 5.74) is 11.8. The van der Waals surface area contributed by atoms with E-state index >= 15 is 0 Å². The zero-order valence-electron chi connectivity index (χ0n) is 14.8. The molecule has 1 aromatic carbocycles. The predicted molar refractivity (Wildman–Crippen MR) is 105 cm³/mol. The summed E-state index contributed by atoms with van der Waals surface area (Å²) >= 11 is 10.4. The minimum atomic E-state index is -0.503. The second kappa shape index (κ2) is 7.08. The number of aromatic nitrogens is 4. The van der Waals surface area contributed by atoms with E-state index in [0.717, 1.165) is 16.8 Å². The van der Waals surface area contributed by atoms with Crippen LogP contribution in [0.1, 0.15) is 23.6 Å². The first-order valence-corrected chi connectivity index (χ1v) is 9.26. The summed E-state index contributed by atoms with van der Waals surface area (Å²) in [6, 6.07) is 5.96. The van der Waals surface area contributed by atoms with Gasteiger partial charge in [-0.05, 0) is 72.0 Å². The van der Waals surface area contributed by atoms with Crippen LogP contribution in [0.15, 0.2) is 23.3 Å². The molecule has 2 aliphatic rings. The molecule has 0 radical (unpaired) electrons. The van der Waals surface area contributed by atoms with E-state index < -0.39 is 6.29 Å². The van der Waals surface area contributed by atoms with Crippen molar-refractivity contribution in [2.45, 2.75) is 38.7 Å². The van der Waals surface area contributed by atoms with E-state index in [1.807, 2.05) is 26.0 Å². The largest absolute Gasteiger partial charge is 0.375 e. The number of thiocarbonyl (C=S) groups is 1. The number of tetrazole rings is 1. The van der Waals surface area contributed by atoms with E-state index in [2.05, 4.69) is 27.0 Å². The van der Waals surface area contributed by atoms with Crippen LogP contribution in [-0.4, -0.2) is 49.6 Å². The fourth-order valence-corrected chi connectivity index (χ4v) is 3.77. The Balaban J connectivity index is 1.67. The molecular formula is C16H19N7O2S2. The number of rotatable bonds is 3. The standard InChI is InChI=1S/C16H19N7O2S2/c1-8-3-9(2)5-10(4-8)22-16(27)23(21-20-22)12-6-11(18-19-15(17)26)14-24-7-13(12)25-14/h3-5,12-14H,6-7H2,1-2H3,(H3,17,19,26)/b18-11+/t12-,13-,14+/m0/s1. The summed E-state index contributed by atoms with van der Waals surface area (Å²) in [7, 11) is 0. The van der Waals surface area contributed by atoms with Crippen LogP contribution >= 0.6 is 24.4 Å². The molecule has 11 heteroatoms. The van der Waals surface area contributed by atoms with E-state index in [1.165, 1.54) is 0 Å². The number of aryl methyl sites for hydroxylation is 2. The summed E-state index contributed by atoms with van der Waals surface area (Å²) in [5.74, 6) is 0. The number of hydrazone groups is 1. The molecule has 3 atom stereocenters. The third kappa shape index (κ3) is 3.50. The third-order valence-corrected chi connectivity index (χ3v) is 4.96. The SMILES string of the molecule is Cc1cc(C)cc(-n2nnn([C@H]3C/C(=N\NC(N)=S)[C@@H]4OC[C@@H]3O4)c2=S)c1. The van der Waals surface area contributed by atoms with Gasteiger partial charge >= 0.3 is 0 Å².